The van der Waals surface area contributed by atoms with E-state index in [0.717, 1.165) is 24.4 Å². The van der Waals surface area contributed by atoms with Gasteiger partial charge in [-0.25, -0.2) is 0 Å². The Bertz CT molecular complexity index is 398. The molecule has 0 radical (unpaired) electrons. The van der Waals surface area contributed by atoms with Gasteiger partial charge in [-0.3, -0.25) is 0 Å². The standard InChI is InChI=1S/C15H24ClNO2.ClH/c1-5-18-14-8-12(10-17-9-11(3)4)7-13(16)15(14)19-6-2;/h7-8,11,17H,5-6,9-10H2,1-4H3;1H. The van der Waals surface area contributed by atoms with Gasteiger partial charge >= 0.3 is 0 Å². The van der Waals surface area contributed by atoms with Gasteiger partial charge in [0.05, 0.1) is 18.2 Å². The lowest BCUT2D eigenvalue weighted by Gasteiger charge is -2.15. The van der Waals surface area contributed by atoms with Gasteiger partial charge in [0.1, 0.15) is 0 Å². The normalized spacial score (nSPS) is 10.3. The van der Waals surface area contributed by atoms with Crippen molar-refractivity contribution in [3.63, 3.8) is 0 Å². The van der Waals surface area contributed by atoms with Crippen LogP contribution in [0, 0.1) is 5.92 Å². The minimum Gasteiger partial charge on any atom is -0.490 e. The fraction of sp³-hybridized carbons (Fsp3) is 0.600. The first kappa shape index (κ1) is 19.4. The van der Waals surface area contributed by atoms with E-state index in [-0.39, 0.29) is 12.4 Å². The molecule has 0 atom stereocenters. The highest BCUT2D eigenvalue weighted by atomic mass is 35.5. The van der Waals surface area contributed by atoms with Crippen LogP contribution < -0.4 is 14.8 Å². The summed E-state index contributed by atoms with van der Waals surface area (Å²) in [5, 5.41) is 4.00. The Kier molecular flexibility index (Phi) is 9.82. The van der Waals surface area contributed by atoms with Gasteiger partial charge in [0.15, 0.2) is 11.5 Å². The molecule has 0 aliphatic heterocycles. The quantitative estimate of drug-likeness (QED) is 0.774. The summed E-state index contributed by atoms with van der Waals surface area (Å²) in [6.45, 7) is 11.2. The van der Waals surface area contributed by atoms with E-state index < -0.39 is 0 Å². The molecule has 0 spiro atoms. The zero-order valence-electron chi connectivity index (χ0n) is 12.7. The minimum atomic E-state index is 0. The molecule has 0 heterocycles. The summed E-state index contributed by atoms with van der Waals surface area (Å²) in [7, 11) is 0. The van der Waals surface area contributed by atoms with Gasteiger partial charge in [0.25, 0.3) is 0 Å². The van der Waals surface area contributed by atoms with Crippen molar-refractivity contribution in [1.29, 1.82) is 0 Å². The lowest BCUT2D eigenvalue weighted by Crippen LogP contribution is -2.19. The van der Waals surface area contributed by atoms with Crippen LogP contribution in [-0.4, -0.2) is 19.8 Å². The number of benzene rings is 1. The van der Waals surface area contributed by atoms with E-state index in [4.69, 9.17) is 21.1 Å². The first-order valence-electron chi connectivity index (χ1n) is 6.87. The summed E-state index contributed by atoms with van der Waals surface area (Å²) in [6.07, 6.45) is 0. The van der Waals surface area contributed by atoms with Crippen LogP contribution in [-0.2, 0) is 6.54 Å². The highest BCUT2D eigenvalue weighted by Crippen LogP contribution is 2.36. The Morgan fingerprint density at radius 3 is 2.35 bits per heavy atom. The first-order valence-corrected chi connectivity index (χ1v) is 7.25. The van der Waals surface area contributed by atoms with Crippen molar-refractivity contribution in [2.45, 2.75) is 34.2 Å². The number of ether oxygens (including phenoxy) is 2. The second-order valence-electron chi connectivity index (χ2n) is 4.80. The van der Waals surface area contributed by atoms with Gasteiger partial charge in [-0.05, 0) is 44.0 Å². The average Bonchev–Trinajstić information content (AvgIpc) is 2.33. The van der Waals surface area contributed by atoms with Gasteiger partial charge in [0, 0.05) is 6.54 Å². The third kappa shape index (κ3) is 6.21. The second kappa shape index (κ2) is 10.1. The van der Waals surface area contributed by atoms with Gasteiger partial charge in [-0.1, -0.05) is 25.4 Å². The highest BCUT2D eigenvalue weighted by molar-refractivity contribution is 6.32. The maximum Gasteiger partial charge on any atom is 0.179 e. The third-order valence-corrected chi connectivity index (χ3v) is 2.82. The van der Waals surface area contributed by atoms with Crippen LogP contribution in [0.25, 0.3) is 0 Å². The van der Waals surface area contributed by atoms with Crippen molar-refractivity contribution in [2.75, 3.05) is 19.8 Å². The van der Waals surface area contributed by atoms with Crippen LogP contribution in [0.1, 0.15) is 33.3 Å². The summed E-state index contributed by atoms with van der Waals surface area (Å²) >= 11 is 6.26. The molecule has 1 aromatic rings. The lowest BCUT2D eigenvalue weighted by atomic mass is 10.1. The van der Waals surface area contributed by atoms with E-state index in [2.05, 4.69) is 19.2 Å². The maximum absolute atomic E-state index is 6.26. The van der Waals surface area contributed by atoms with E-state index in [1.807, 2.05) is 26.0 Å². The number of rotatable bonds is 8. The third-order valence-electron chi connectivity index (χ3n) is 2.54. The molecule has 0 aliphatic rings. The molecule has 0 unspecified atom stereocenters. The summed E-state index contributed by atoms with van der Waals surface area (Å²) in [5.74, 6) is 1.99. The van der Waals surface area contributed by atoms with Gasteiger partial charge in [-0.2, -0.15) is 0 Å². The lowest BCUT2D eigenvalue weighted by molar-refractivity contribution is 0.287. The molecule has 1 rings (SSSR count). The summed E-state index contributed by atoms with van der Waals surface area (Å²) < 4.78 is 11.1. The number of hydrogen-bond acceptors (Lipinski definition) is 3. The predicted molar refractivity (Wildman–Crippen MR) is 87.6 cm³/mol. The molecule has 0 aromatic heterocycles. The summed E-state index contributed by atoms with van der Waals surface area (Å²) in [4.78, 5) is 0. The Morgan fingerprint density at radius 1 is 1.15 bits per heavy atom. The molecular weight excluding hydrogens is 297 g/mol. The van der Waals surface area contributed by atoms with E-state index in [1.165, 1.54) is 0 Å². The number of nitrogens with one attached hydrogen (secondary N) is 1. The molecule has 116 valence electrons. The zero-order valence-corrected chi connectivity index (χ0v) is 14.2. The van der Waals surface area contributed by atoms with Crippen molar-refractivity contribution in [1.82, 2.24) is 5.32 Å². The van der Waals surface area contributed by atoms with Crippen LogP contribution in [0.4, 0.5) is 0 Å². The Balaban J connectivity index is 0.00000361. The fourth-order valence-electron chi connectivity index (χ4n) is 1.78. The molecule has 3 nitrogen and oxygen atoms in total. The minimum absolute atomic E-state index is 0. The molecule has 0 saturated heterocycles. The molecule has 5 heteroatoms. The predicted octanol–water partition coefficient (Wildman–Crippen LogP) is 4.30. The molecule has 0 bridgehead atoms. The average molecular weight is 322 g/mol. The van der Waals surface area contributed by atoms with E-state index >= 15 is 0 Å². The molecule has 1 aromatic carbocycles. The van der Waals surface area contributed by atoms with Crippen LogP contribution in [0.3, 0.4) is 0 Å². The number of hydrogen-bond donors (Lipinski definition) is 1. The zero-order chi connectivity index (χ0) is 14.3. The maximum atomic E-state index is 6.26. The Hall–Kier alpha value is -0.640. The molecule has 1 N–H and O–H groups in total. The van der Waals surface area contributed by atoms with E-state index in [1.54, 1.807) is 0 Å². The van der Waals surface area contributed by atoms with E-state index in [0.29, 0.717) is 29.9 Å². The van der Waals surface area contributed by atoms with Crippen LogP contribution >= 0.6 is 24.0 Å². The first-order chi connectivity index (χ1) is 9.08. The molecule has 0 fully saturated rings. The van der Waals surface area contributed by atoms with Gasteiger partial charge in [-0.15, -0.1) is 12.4 Å². The molecule has 0 aliphatic carbocycles. The van der Waals surface area contributed by atoms with Crippen molar-refractivity contribution in [2.24, 2.45) is 5.92 Å². The fourth-order valence-corrected chi connectivity index (χ4v) is 2.06. The van der Waals surface area contributed by atoms with Crippen molar-refractivity contribution in [3.8, 4) is 11.5 Å². The highest BCUT2D eigenvalue weighted by Gasteiger charge is 2.12. The monoisotopic (exact) mass is 321 g/mol. The summed E-state index contributed by atoms with van der Waals surface area (Å²) in [6, 6.07) is 3.93. The summed E-state index contributed by atoms with van der Waals surface area (Å²) in [5.41, 5.74) is 1.11. The smallest absolute Gasteiger partial charge is 0.179 e. The topological polar surface area (TPSA) is 30.5 Å². The number of halogens is 2. The Morgan fingerprint density at radius 2 is 1.80 bits per heavy atom. The van der Waals surface area contributed by atoms with E-state index in [9.17, 15) is 0 Å². The van der Waals surface area contributed by atoms with Crippen molar-refractivity contribution in [3.05, 3.63) is 22.7 Å². The molecule has 0 amide bonds. The largest absolute Gasteiger partial charge is 0.490 e. The molecule has 0 saturated carbocycles. The Labute approximate surface area is 133 Å². The van der Waals surface area contributed by atoms with Crippen LogP contribution in [0.2, 0.25) is 5.02 Å². The SMILES string of the molecule is CCOc1cc(CNCC(C)C)cc(Cl)c1OCC.Cl. The van der Waals surface area contributed by atoms with Gasteiger partial charge < -0.3 is 14.8 Å². The molecule has 20 heavy (non-hydrogen) atoms. The van der Waals surface area contributed by atoms with Crippen molar-refractivity contribution >= 4 is 24.0 Å². The second-order valence-corrected chi connectivity index (χ2v) is 5.20. The van der Waals surface area contributed by atoms with Crippen LogP contribution in [0.5, 0.6) is 11.5 Å². The van der Waals surface area contributed by atoms with Crippen molar-refractivity contribution < 1.29 is 9.47 Å². The van der Waals surface area contributed by atoms with Crippen LogP contribution in [0.15, 0.2) is 12.1 Å². The van der Waals surface area contributed by atoms with Gasteiger partial charge in [0.2, 0.25) is 0 Å². The molecular formula is C15H25Cl2NO2.